The minimum absolute atomic E-state index is 0.149. The molecule has 0 spiro atoms. The summed E-state index contributed by atoms with van der Waals surface area (Å²) >= 11 is 0. The topological polar surface area (TPSA) is 47.8 Å². The number of carbonyl (C=O) groups is 1. The van der Waals surface area contributed by atoms with Crippen LogP contribution in [0.25, 0.3) is 0 Å². The van der Waals surface area contributed by atoms with Gasteiger partial charge < -0.3 is 0 Å². The Balaban J connectivity index is 1.97. The van der Waals surface area contributed by atoms with Gasteiger partial charge in [0, 0.05) is 24.9 Å². The van der Waals surface area contributed by atoms with Gasteiger partial charge in [-0.2, -0.15) is 5.10 Å². The molecule has 0 atom stereocenters. The zero-order valence-corrected chi connectivity index (χ0v) is 9.84. The first-order valence-electron chi connectivity index (χ1n) is 5.76. The summed E-state index contributed by atoms with van der Waals surface area (Å²) in [5.41, 5.74) is 0.759. The molecular formula is C13H15N3O. The van der Waals surface area contributed by atoms with Gasteiger partial charge in [-0.1, -0.05) is 30.3 Å². The maximum Gasteiger partial charge on any atom is 0.163 e. The van der Waals surface area contributed by atoms with E-state index >= 15 is 0 Å². The second-order valence-electron chi connectivity index (χ2n) is 3.78. The molecule has 88 valence electrons. The molecule has 0 radical (unpaired) electrons. The Bertz CT molecular complexity index is 490. The fourth-order valence-electron chi connectivity index (χ4n) is 1.74. The molecule has 0 saturated carbocycles. The van der Waals surface area contributed by atoms with Crippen LogP contribution in [0.1, 0.15) is 29.5 Å². The average Bonchev–Trinajstić information content (AvgIpc) is 2.84. The van der Waals surface area contributed by atoms with Crippen LogP contribution in [-0.4, -0.2) is 20.5 Å². The molecule has 17 heavy (non-hydrogen) atoms. The highest BCUT2D eigenvalue weighted by Crippen LogP contribution is 2.06. The molecule has 1 aromatic heterocycles. The smallest absolute Gasteiger partial charge is 0.163 e. The van der Waals surface area contributed by atoms with Crippen LogP contribution in [0.15, 0.2) is 36.7 Å². The highest BCUT2D eigenvalue weighted by molar-refractivity contribution is 5.96. The summed E-state index contributed by atoms with van der Waals surface area (Å²) < 4.78 is 1.82. The molecule has 4 nitrogen and oxygen atoms in total. The van der Waals surface area contributed by atoms with Gasteiger partial charge in [-0.25, -0.2) is 4.98 Å². The third-order valence-electron chi connectivity index (χ3n) is 2.67. The zero-order valence-electron chi connectivity index (χ0n) is 9.84. The first-order chi connectivity index (χ1) is 8.31. The lowest BCUT2D eigenvalue weighted by molar-refractivity contribution is 0.0982. The van der Waals surface area contributed by atoms with Crippen molar-refractivity contribution in [3.05, 3.63) is 48.0 Å². The maximum absolute atomic E-state index is 11.9. The number of benzene rings is 1. The number of rotatable bonds is 5. The summed E-state index contributed by atoms with van der Waals surface area (Å²) in [5, 5.41) is 4.08. The van der Waals surface area contributed by atoms with Crippen LogP contribution >= 0.6 is 0 Å². The third-order valence-corrected chi connectivity index (χ3v) is 2.67. The van der Waals surface area contributed by atoms with Crippen LogP contribution in [0.2, 0.25) is 0 Å². The molecule has 0 aliphatic carbocycles. The third kappa shape index (κ3) is 2.78. The van der Waals surface area contributed by atoms with Gasteiger partial charge >= 0.3 is 0 Å². The van der Waals surface area contributed by atoms with E-state index in [1.807, 2.05) is 41.9 Å². The predicted molar refractivity (Wildman–Crippen MR) is 64.8 cm³/mol. The van der Waals surface area contributed by atoms with Crippen molar-refractivity contribution in [2.24, 2.45) is 0 Å². The molecule has 0 aliphatic rings. The molecule has 2 rings (SSSR count). The summed E-state index contributed by atoms with van der Waals surface area (Å²) in [5.74, 6) is 1.02. The van der Waals surface area contributed by atoms with Crippen LogP contribution in [0.5, 0.6) is 0 Å². The average molecular weight is 229 g/mol. The molecule has 0 N–H and O–H groups in total. The summed E-state index contributed by atoms with van der Waals surface area (Å²) in [6, 6.07) is 9.34. The van der Waals surface area contributed by atoms with Crippen LogP contribution in [-0.2, 0) is 13.0 Å². The number of nitrogens with zero attached hydrogens (tertiary/aromatic N) is 3. The first-order valence-corrected chi connectivity index (χ1v) is 5.76. The van der Waals surface area contributed by atoms with E-state index < -0.39 is 0 Å². The van der Waals surface area contributed by atoms with Crippen LogP contribution in [0.4, 0.5) is 0 Å². The number of hydrogen-bond acceptors (Lipinski definition) is 3. The van der Waals surface area contributed by atoms with Gasteiger partial charge in [-0.15, -0.1) is 0 Å². The van der Waals surface area contributed by atoms with Crippen molar-refractivity contribution in [3.63, 3.8) is 0 Å². The van der Waals surface area contributed by atoms with Gasteiger partial charge in [-0.05, 0) is 6.92 Å². The molecule has 0 fully saturated rings. The van der Waals surface area contributed by atoms with Crippen molar-refractivity contribution >= 4 is 5.78 Å². The Morgan fingerprint density at radius 1 is 1.29 bits per heavy atom. The molecule has 0 aliphatic heterocycles. The normalized spacial score (nSPS) is 10.4. The fourth-order valence-corrected chi connectivity index (χ4v) is 1.74. The Kier molecular flexibility index (Phi) is 3.65. The number of aryl methyl sites for hydroxylation is 2. The molecule has 0 amide bonds. The van der Waals surface area contributed by atoms with Gasteiger partial charge in [0.15, 0.2) is 5.78 Å². The Morgan fingerprint density at radius 2 is 2.06 bits per heavy atom. The highest BCUT2D eigenvalue weighted by atomic mass is 16.1. The van der Waals surface area contributed by atoms with E-state index in [1.165, 1.54) is 6.33 Å². The van der Waals surface area contributed by atoms with Gasteiger partial charge in [0.25, 0.3) is 0 Å². The van der Waals surface area contributed by atoms with E-state index in [2.05, 4.69) is 10.1 Å². The molecule has 0 bridgehead atoms. The van der Waals surface area contributed by atoms with Crippen LogP contribution in [0.3, 0.4) is 0 Å². The van der Waals surface area contributed by atoms with E-state index in [1.54, 1.807) is 0 Å². The lowest BCUT2D eigenvalue weighted by Gasteiger charge is -2.02. The quantitative estimate of drug-likeness (QED) is 0.738. The Hall–Kier alpha value is -1.97. The summed E-state index contributed by atoms with van der Waals surface area (Å²) in [6.07, 6.45) is 2.65. The van der Waals surface area contributed by atoms with Crippen LogP contribution < -0.4 is 0 Å². The van der Waals surface area contributed by atoms with Gasteiger partial charge in [-0.3, -0.25) is 9.48 Å². The summed E-state index contributed by atoms with van der Waals surface area (Å²) in [4.78, 5) is 16.0. The van der Waals surface area contributed by atoms with E-state index in [9.17, 15) is 4.79 Å². The summed E-state index contributed by atoms with van der Waals surface area (Å²) in [7, 11) is 0. The summed E-state index contributed by atoms with van der Waals surface area (Å²) in [6.45, 7) is 2.80. The molecule has 2 aromatic rings. The number of hydrogen-bond donors (Lipinski definition) is 0. The number of ketones is 1. The maximum atomic E-state index is 11.9. The van der Waals surface area contributed by atoms with E-state index in [0.29, 0.717) is 12.8 Å². The molecule has 0 saturated heterocycles. The van der Waals surface area contributed by atoms with Crippen molar-refractivity contribution in [2.45, 2.75) is 26.3 Å². The second kappa shape index (κ2) is 5.39. The van der Waals surface area contributed by atoms with Crippen molar-refractivity contribution in [2.75, 3.05) is 0 Å². The van der Waals surface area contributed by atoms with Crippen molar-refractivity contribution < 1.29 is 4.79 Å². The van der Waals surface area contributed by atoms with Crippen molar-refractivity contribution in [3.8, 4) is 0 Å². The second-order valence-corrected chi connectivity index (χ2v) is 3.78. The van der Waals surface area contributed by atoms with Crippen LogP contribution in [0, 0.1) is 0 Å². The zero-order chi connectivity index (χ0) is 12.1. The number of Topliss-reactive ketones (excluding diaryl/α,β-unsaturated/α-hetero) is 1. The highest BCUT2D eigenvalue weighted by Gasteiger charge is 2.08. The fraction of sp³-hybridized carbons (Fsp3) is 0.308. The largest absolute Gasteiger partial charge is 0.294 e. The minimum atomic E-state index is 0.149. The van der Waals surface area contributed by atoms with E-state index in [4.69, 9.17) is 0 Å². The standard InChI is InChI=1S/C13H15N3O/c1-2-16-13(14-10-15-16)9-8-12(17)11-6-4-3-5-7-11/h3-7,10H,2,8-9H2,1H3. The van der Waals surface area contributed by atoms with Gasteiger partial charge in [0.1, 0.15) is 12.2 Å². The van der Waals surface area contributed by atoms with Crippen molar-refractivity contribution in [1.29, 1.82) is 0 Å². The molecule has 4 heteroatoms. The molecule has 0 unspecified atom stereocenters. The Labute approximate surface area is 100 Å². The van der Waals surface area contributed by atoms with E-state index in [-0.39, 0.29) is 5.78 Å². The number of carbonyl (C=O) groups excluding carboxylic acids is 1. The van der Waals surface area contributed by atoms with Crippen molar-refractivity contribution in [1.82, 2.24) is 14.8 Å². The van der Waals surface area contributed by atoms with E-state index in [0.717, 1.165) is 17.9 Å². The number of aromatic nitrogens is 3. The van der Waals surface area contributed by atoms with Gasteiger partial charge in [0.05, 0.1) is 0 Å². The lowest BCUT2D eigenvalue weighted by Crippen LogP contribution is -2.07. The first kappa shape index (κ1) is 11.5. The monoisotopic (exact) mass is 229 g/mol. The molecule has 1 heterocycles. The van der Waals surface area contributed by atoms with Gasteiger partial charge in [0.2, 0.25) is 0 Å². The predicted octanol–water partition coefficient (Wildman–Crippen LogP) is 2.11. The SMILES string of the molecule is CCn1ncnc1CCC(=O)c1ccccc1. The lowest BCUT2D eigenvalue weighted by atomic mass is 10.1. The Morgan fingerprint density at radius 3 is 2.76 bits per heavy atom. The molecular weight excluding hydrogens is 214 g/mol. The minimum Gasteiger partial charge on any atom is -0.294 e. The molecule has 1 aromatic carbocycles.